The van der Waals surface area contributed by atoms with Crippen LogP contribution in [0.5, 0.6) is 0 Å². The second kappa shape index (κ2) is 11.8. The first kappa shape index (κ1) is 29.3. The fourth-order valence-electron chi connectivity index (χ4n) is 5.27. The van der Waals surface area contributed by atoms with Gasteiger partial charge in [0.25, 0.3) is 0 Å². The standard InChI is InChI=1S/C29H29F6N2PS/c1-19(37(2)27(39)36-22-17-20(28(30,31)32)16-21(18-22)29(33,34)35)25-14-9-15-26(25)38(23-10-5-3-6-11-23)24-12-7-4-8-13-24/h3-8,10-13,16-19,25-26H,9,14-15H2,1-2H3,(H,36,39)/t19-,25+,26+/m0/s1. The Bertz CT molecular complexity index is 1190. The number of anilines is 1. The van der Waals surface area contributed by atoms with Crippen LogP contribution < -0.4 is 15.9 Å². The number of nitrogens with zero attached hydrogens (tertiary/aromatic N) is 1. The summed E-state index contributed by atoms with van der Waals surface area (Å²) in [6, 6.07) is 22.1. The zero-order valence-corrected chi connectivity index (χ0v) is 23.1. The number of halogens is 6. The van der Waals surface area contributed by atoms with Gasteiger partial charge < -0.3 is 10.2 Å². The van der Waals surface area contributed by atoms with Gasteiger partial charge in [-0.25, -0.2) is 0 Å². The molecular formula is C29H29F6N2PS. The Kier molecular flexibility index (Phi) is 8.91. The summed E-state index contributed by atoms with van der Waals surface area (Å²) in [6.07, 6.45) is -6.84. The molecular weight excluding hydrogens is 553 g/mol. The molecule has 3 aromatic rings. The Morgan fingerprint density at radius 3 is 1.79 bits per heavy atom. The smallest absolute Gasteiger partial charge is 0.349 e. The Labute approximate surface area is 231 Å². The first-order valence-corrected chi connectivity index (χ1v) is 14.4. The summed E-state index contributed by atoms with van der Waals surface area (Å²) in [6.45, 7) is 2.02. The lowest BCUT2D eigenvalue weighted by molar-refractivity contribution is -0.143. The molecule has 0 saturated heterocycles. The van der Waals surface area contributed by atoms with Crippen LogP contribution in [0, 0.1) is 5.92 Å². The van der Waals surface area contributed by atoms with E-state index in [-0.39, 0.29) is 28.8 Å². The van der Waals surface area contributed by atoms with E-state index in [4.69, 9.17) is 12.2 Å². The normalized spacial score (nSPS) is 18.7. The number of hydrogen-bond donors (Lipinski definition) is 1. The van der Waals surface area contributed by atoms with E-state index in [0.29, 0.717) is 17.8 Å². The maximum absolute atomic E-state index is 13.3. The highest BCUT2D eigenvalue weighted by Gasteiger charge is 2.40. The van der Waals surface area contributed by atoms with Gasteiger partial charge in [0.1, 0.15) is 0 Å². The molecule has 1 aliphatic carbocycles. The first-order valence-electron chi connectivity index (χ1n) is 12.6. The molecule has 0 unspecified atom stereocenters. The van der Waals surface area contributed by atoms with E-state index in [1.54, 1.807) is 11.9 Å². The minimum absolute atomic E-state index is 0.0735. The highest BCUT2D eigenvalue weighted by molar-refractivity contribution is 7.80. The lowest BCUT2D eigenvalue weighted by Gasteiger charge is -2.38. The molecule has 1 aliphatic rings. The first-order chi connectivity index (χ1) is 18.4. The summed E-state index contributed by atoms with van der Waals surface area (Å²) in [5, 5.41) is 5.26. The largest absolute Gasteiger partial charge is 0.416 e. The molecule has 208 valence electrons. The third-order valence-electron chi connectivity index (χ3n) is 7.32. The Hall–Kier alpha value is -2.64. The molecule has 1 fully saturated rings. The van der Waals surface area contributed by atoms with E-state index in [2.05, 4.69) is 29.6 Å². The van der Waals surface area contributed by atoms with Crippen molar-refractivity contribution in [2.45, 2.75) is 50.2 Å². The van der Waals surface area contributed by atoms with E-state index >= 15 is 0 Å². The number of hydrogen-bond acceptors (Lipinski definition) is 1. The maximum Gasteiger partial charge on any atom is 0.416 e. The van der Waals surface area contributed by atoms with Crippen LogP contribution in [0.25, 0.3) is 0 Å². The highest BCUT2D eigenvalue weighted by atomic mass is 32.1. The van der Waals surface area contributed by atoms with Crippen LogP contribution in [0.4, 0.5) is 32.0 Å². The maximum atomic E-state index is 13.3. The van der Waals surface area contributed by atoms with Gasteiger partial charge in [-0.15, -0.1) is 0 Å². The van der Waals surface area contributed by atoms with Crippen LogP contribution in [0.3, 0.4) is 0 Å². The van der Waals surface area contributed by atoms with Crippen molar-refractivity contribution in [2.75, 3.05) is 12.4 Å². The van der Waals surface area contributed by atoms with Crippen molar-refractivity contribution in [3.05, 3.63) is 90.0 Å². The molecule has 0 spiro atoms. The molecule has 4 rings (SSSR count). The van der Waals surface area contributed by atoms with Crippen LogP contribution in [0.1, 0.15) is 37.3 Å². The Balaban J connectivity index is 1.58. The summed E-state index contributed by atoms with van der Waals surface area (Å²) >= 11 is 5.49. The van der Waals surface area contributed by atoms with Gasteiger partial charge in [0.2, 0.25) is 0 Å². The molecule has 0 heterocycles. The number of alkyl halides is 6. The number of benzene rings is 3. The van der Waals surface area contributed by atoms with Crippen LogP contribution in [-0.4, -0.2) is 28.8 Å². The van der Waals surface area contributed by atoms with Gasteiger partial charge in [0.15, 0.2) is 5.11 Å². The molecule has 3 aromatic carbocycles. The van der Waals surface area contributed by atoms with E-state index in [1.807, 2.05) is 43.3 Å². The second-order valence-corrected chi connectivity index (χ2v) is 12.6. The van der Waals surface area contributed by atoms with Crippen LogP contribution >= 0.6 is 20.1 Å². The highest BCUT2D eigenvalue weighted by Crippen LogP contribution is 2.51. The summed E-state index contributed by atoms with van der Waals surface area (Å²) in [5.74, 6) is 0.230. The fraction of sp³-hybridized carbons (Fsp3) is 0.345. The molecule has 0 radical (unpaired) electrons. The molecule has 0 aliphatic heterocycles. The summed E-state index contributed by atoms with van der Waals surface area (Å²) in [5.41, 5.74) is -2.77. The van der Waals surface area contributed by atoms with Gasteiger partial charge in [-0.2, -0.15) is 26.3 Å². The average Bonchev–Trinajstić information content (AvgIpc) is 3.37. The molecule has 39 heavy (non-hydrogen) atoms. The third-order valence-corrected chi connectivity index (χ3v) is 10.7. The molecule has 1 saturated carbocycles. The van der Waals surface area contributed by atoms with Crippen LogP contribution in [0.2, 0.25) is 0 Å². The topological polar surface area (TPSA) is 15.3 Å². The number of nitrogens with one attached hydrogen (secondary N) is 1. The van der Waals surface area contributed by atoms with Crippen molar-refractivity contribution in [3.63, 3.8) is 0 Å². The van der Waals surface area contributed by atoms with Gasteiger partial charge in [0.05, 0.1) is 11.1 Å². The third kappa shape index (κ3) is 6.93. The molecule has 3 atom stereocenters. The molecule has 1 N–H and O–H groups in total. The molecule has 0 amide bonds. The molecule has 2 nitrogen and oxygen atoms in total. The zero-order valence-electron chi connectivity index (χ0n) is 21.4. The minimum Gasteiger partial charge on any atom is -0.349 e. The fourth-order valence-corrected chi connectivity index (χ4v) is 8.83. The average molecular weight is 583 g/mol. The Morgan fingerprint density at radius 1 is 0.846 bits per heavy atom. The van der Waals surface area contributed by atoms with Gasteiger partial charge in [-0.3, -0.25) is 0 Å². The lowest BCUT2D eigenvalue weighted by Crippen LogP contribution is -2.44. The predicted molar refractivity (Wildman–Crippen MR) is 150 cm³/mol. The molecule has 0 aromatic heterocycles. The van der Waals surface area contributed by atoms with Gasteiger partial charge in [-0.05, 0) is 80.3 Å². The molecule has 10 heteroatoms. The van der Waals surface area contributed by atoms with Crippen molar-refractivity contribution < 1.29 is 26.3 Å². The van der Waals surface area contributed by atoms with Crippen molar-refractivity contribution in [2.24, 2.45) is 5.92 Å². The van der Waals surface area contributed by atoms with Crippen molar-refractivity contribution in [1.82, 2.24) is 4.90 Å². The minimum atomic E-state index is -4.93. The monoisotopic (exact) mass is 582 g/mol. The van der Waals surface area contributed by atoms with Crippen molar-refractivity contribution >= 4 is 41.5 Å². The second-order valence-electron chi connectivity index (χ2n) is 9.78. The van der Waals surface area contributed by atoms with Gasteiger partial charge in [0, 0.05) is 18.8 Å². The summed E-state index contributed by atoms with van der Waals surface area (Å²) < 4.78 is 80.0. The molecule has 0 bridgehead atoms. The summed E-state index contributed by atoms with van der Waals surface area (Å²) in [4.78, 5) is 1.76. The zero-order chi connectivity index (χ0) is 28.4. The van der Waals surface area contributed by atoms with Gasteiger partial charge in [-0.1, -0.05) is 67.1 Å². The van der Waals surface area contributed by atoms with E-state index in [9.17, 15) is 26.3 Å². The van der Waals surface area contributed by atoms with Crippen molar-refractivity contribution in [3.8, 4) is 0 Å². The van der Waals surface area contributed by atoms with E-state index < -0.39 is 31.4 Å². The Morgan fingerprint density at radius 2 is 1.33 bits per heavy atom. The van der Waals surface area contributed by atoms with E-state index in [1.165, 1.54) is 10.6 Å². The quantitative estimate of drug-likeness (QED) is 0.180. The summed E-state index contributed by atoms with van der Waals surface area (Å²) in [7, 11) is 1.05. The SMILES string of the molecule is C[C@@H]([C@H]1CCC[C@H]1P(c1ccccc1)c1ccccc1)N(C)C(=S)Nc1cc(C(F)(F)F)cc(C(F)(F)F)c1. The lowest BCUT2D eigenvalue weighted by atomic mass is 9.98. The van der Waals surface area contributed by atoms with Gasteiger partial charge >= 0.3 is 12.4 Å². The van der Waals surface area contributed by atoms with Crippen LogP contribution in [0.15, 0.2) is 78.9 Å². The number of thiocarbonyl (C=S) groups is 1. The van der Waals surface area contributed by atoms with Crippen molar-refractivity contribution in [1.29, 1.82) is 0 Å². The van der Waals surface area contributed by atoms with Crippen LogP contribution in [-0.2, 0) is 12.4 Å². The van der Waals surface area contributed by atoms with E-state index in [0.717, 1.165) is 19.3 Å². The number of rotatable bonds is 6. The predicted octanol–water partition coefficient (Wildman–Crippen LogP) is 8.04.